The summed E-state index contributed by atoms with van der Waals surface area (Å²) in [4.78, 5) is 0. The Morgan fingerprint density at radius 2 is 1.42 bits per heavy atom. The second-order valence-electron chi connectivity index (χ2n) is 5.01. The summed E-state index contributed by atoms with van der Waals surface area (Å²) in [5.74, 6) is 0. The molecule has 0 unspecified atom stereocenters. The minimum absolute atomic E-state index is 0.844. The van der Waals surface area contributed by atoms with Crippen LogP contribution in [0.3, 0.4) is 0 Å². The van der Waals surface area contributed by atoms with E-state index in [4.69, 9.17) is 0 Å². The molecule has 1 aromatic carbocycles. The number of nitriles is 2. The zero-order chi connectivity index (χ0) is 14.4. The third kappa shape index (κ3) is 2.58. The van der Waals surface area contributed by atoms with Crippen molar-refractivity contribution in [3.8, 4) is 12.4 Å². The standard InChI is InChI=1S/C15H22N3P/c1-4-19(5-2,6-3,18(13-16)14-17)12-15-10-8-7-9-11-15/h7-11H,4-6,12H2,1-3H3. The van der Waals surface area contributed by atoms with Crippen LogP contribution in [-0.4, -0.2) is 23.2 Å². The Morgan fingerprint density at radius 3 is 1.79 bits per heavy atom. The fourth-order valence-corrected chi connectivity index (χ4v) is 7.49. The van der Waals surface area contributed by atoms with Crippen molar-refractivity contribution >= 4 is 6.75 Å². The minimum atomic E-state index is -2.51. The van der Waals surface area contributed by atoms with Crippen molar-refractivity contribution in [1.82, 2.24) is 4.67 Å². The molecule has 0 aliphatic heterocycles. The summed E-state index contributed by atoms with van der Waals surface area (Å²) < 4.78 is 1.44. The van der Waals surface area contributed by atoms with Crippen LogP contribution >= 0.6 is 6.75 Å². The van der Waals surface area contributed by atoms with Crippen LogP contribution in [0.4, 0.5) is 0 Å². The van der Waals surface area contributed by atoms with Crippen LogP contribution in [-0.2, 0) is 6.16 Å². The Balaban J connectivity index is 3.35. The zero-order valence-corrected chi connectivity index (χ0v) is 12.9. The molecule has 4 heteroatoms. The van der Waals surface area contributed by atoms with Crippen LogP contribution in [0.5, 0.6) is 0 Å². The van der Waals surface area contributed by atoms with Gasteiger partial charge in [0.15, 0.2) is 0 Å². The molecule has 0 saturated heterocycles. The van der Waals surface area contributed by atoms with Gasteiger partial charge in [0.05, 0.1) is 0 Å². The van der Waals surface area contributed by atoms with Gasteiger partial charge in [0, 0.05) is 0 Å². The summed E-state index contributed by atoms with van der Waals surface area (Å²) in [7, 11) is 0. The number of hydrogen-bond donors (Lipinski definition) is 0. The quantitative estimate of drug-likeness (QED) is 0.448. The van der Waals surface area contributed by atoms with Crippen molar-refractivity contribution < 1.29 is 0 Å². The average molecular weight is 275 g/mol. The first-order valence-electron chi connectivity index (χ1n) is 6.74. The predicted molar refractivity (Wildman–Crippen MR) is 81.8 cm³/mol. The number of benzene rings is 1. The van der Waals surface area contributed by atoms with Gasteiger partial charge >= 0.3 is 116 Å². The van der Waals surface area contributed by atoms with Crippen LogP contribution in [0.1, 0.15) is 26.3 Å². The van der Waals surface area contributed by atoms with Crippen LogP contribution in [0.2, 0.25) is 0 Å². The second-order valence-corrected chi connectivity index (χ2v) is 11.4. The van der Waals surface area contributed by atoms with Gasteiger partial charge in [-0.2, -0.15) is 0 Å². The molecule has 0 aliphatic carbocycles. The van der Waals surface area contributed by atoms with Crippen molar-refractivity contribution in [1.29, 1.82) is 10.5 Å². The molecule has 0 heterocycles. The molecule has 102 valence electrons. The second kappa shape index (κ2) is 6.05. The first kappa shape index (κ1) is 15.5. The maximum atomic E-state index is 9.38. The summed E-state index contributed by atoms with van der Waals surface area (Å²) >= 11 is 0. The third-order valence-electron chi connectivity index (χ3n) is 4.62. The maximum absolute atomic E-state index is 9.38. The van der Waals surface area contributed by atoms with Gasteiger partial charge in [0.2, 0.25) is 0 Å². The average Bonchev–Trinajstić information content (AvgIpc) is 2.48. The van der Waals surface area contributed by atoms with Crippen molar-refractivity contribution in [2.45, 2.75) is 26.9 Å². The van der Waals surface area contributed by atoms with E-state index in [1.165, 1.54) is 10.2 Å². The molecule has 3 nitrogen and oxygen atoms in total. The van der Waals surface area contributed by atoms with E-state index >= 15 is 0 Å². The summed E-state index contributed by atoms with van der Waals surface area (Å²) in [6.07, 6.45) is 7.81. The predicted octanol–water partition coefficient (Wildman–Crippen LogP) is 3.98. The fourth-order valence-electron chi connectivity index (χ4n) is 2.83. The van der Waals surface area contributed by atoms with Crippen LogP contribution in [0.25, 0.3) is 0 Å². The molecule has 0 aliphatic rings. The first-order chi connectivity index (χ1) is 9.10. The van der Waals surface area contributed by atoms with Crippen molar-refractivity contribution in [3.63, 3.8) is 0 Å². The molecule has 0 bridgehead atoms. The van der Waals surface area contributed by atoms with Gasteiger partial charge in [-0.15, -0.1) is 0 Å². The first-order valence-corrected chi connectivity index (χ1v) is 9.67. The summed E-state index contributed by atoms with van der Waals surface area (Å²) in [6, 6.07) is 10.2. The fraction of sp³-hybridized carbons (Fsp3) is 0.467. The molecule has 0 aromatic heterocycles. The molecule has 0 N–H and O–H groups in total. The molecular formula is C15H22N3P. The molecule has 1 rings (SSSR count). The van der Waals surface area contributed by atoms with Crippen LogP contribution < -0.4 is 0 Å². The van der Waals surface area contributed by atoms with Gasteiger partial charge in [-0.3, -0.25) is 0 Å². The van der Waals surface area contributed by atoms with E-state index in [0.29, 0.717) is 0 Å². The SMILES string of the molecule is CCP(CC)(CC)(Cc1ccccc1)N(C#N)C#N. The molecule has 1 aromatic rings. The Bertz CT molecular complexity index is 469. The Morgan fingerprint density at radius 1 is 0.947 bits per heavy atom. The number of nitrogens with zero attached hydrogens (tertiary/aromatic N) is 3. The Labute approximate surface area is 116 Å². The molecule has 0 atom stereocenters. The van der Waals surface area contributed by atoms with E-state index in [1.54, 1.807) is 0 Å². The third-order valence-corrected chi connectivity index (χ3v) is 12.0. The summed E-state index contributed by atoms with van der Waals surface area (Å²) in [5, 5.41) is 18.8. The van der Waals surface area contributed by atoms with Crippen LogP contribution in [0, 0.1) is 22.9 Å². The van der Waals surface area contributed by atoms with E-state index in [9.17, 15) is 10.5 Å². The van der Waals surface area contributed by atoms with E-state index in [-0.39, 0.29) is 0 Å². The van der Waals surface area contributed by atoms with Gasteiger partial charge in [-0.25, -0.2) is 0 Å². The van der Waals surface area contributed by atoms with Crippen molar-refractivity contribution in [3.05, 3.63) is 35.9 Å². The molecule has 0 saturated carbocycles. The Hall–Kier alpha value is -1.57. The molecule has 19 heavy (non-hydrogen) atoms. The molecule has 0 fully saturated rings. The van der Waals surface area contributed by atoms with Crippen LogP contribution in [0.15, 0.2) is 30.3 Å². The van der Waals surface area contributed by atoms with Crippen molar-refractivity contribution in [2.75, 3.05) is 18.5 Å². The van der Waals surface area contributed by atoms with Crippen molar-refractivity contribution in [2.24, 2.45) is 0 Å². The Kier molecular flexibility index (Phi) is 4.93. The van der Waals surface area contributed by atoms with E-state index in [2.05, 4.69) is 45.3 Å². The monoisotopic (exact) mass is 275 g/mol. The van der Waals surface area contributed by atoms with Gasteiger partial charge in [0.1, 0.15) is 0 Å². The van der Waals surface area contributed by atoms with E-state index in [0.717, 1.165) is 24.6 Å². The molecule has 0 amide bonds. The molecule has 0 radical (unpaired) electrons. The zero-order valence-electron chi connectivity index (χ0n) is 12.0. The molecule has 0 spiro atoms. The van der Waals surface area contributed by atoms with Gasteiger partial charge in [-0.1, -0.05) is 0 Å². The summed E-state index contributed by atoms with van der Waals surface area (Å²) in [6.45, 7) is 3.85. The normalized spacial score (nSPS) is 12.8. The van der Waals surface area contributed by atoms with E-state index < -0.39 is 6.75 Å². The topological polar surface area (TPSA) is 50.8 Å². The van der Waals surface area contributed by atoms with Gasteiger partial charge < -0.3 is 0 Å². The molecular weight excluding hydrogens is 253 g/mol. The number of hydrogen-bond acceptors (Lipinski definition) is 3. The van der Waals surface area contributed by atoms with Gasteiger partial charge in [-0.05, 0) is 0 Å². The number of rotatable bonds is 6. The summed E-state index contributed by atoms with van der Waals surface area (Å²) in [5.41, 5.74) is 1.22. The van der Waals surface area contributed by atoms with Gasteiger partial charge in [0.25, 0.3) is 0 Å². The van der Waals surface area contributed by atoms with E-state index in [1.807, 2.05) is 18.2 Å².